The third kappa shape index (κ3) is 5.85. The van der Waals surface area contributed by atoms with E-state index >= 15 is 0 Å². The van der Waals surface area contributed by atoms with Crippen molar-refractivity contribution < 1.29 is 9.84 Å². The predicted molar refractivity (Wildman–Crippen MR) is 89.0 cm³/mol. The highest BCUT2D eigenvalue weighted by Crippen LogP contribution is 2.28. The summed E-state index contributed by atoms with van der Waals surface area (Å²) in [4.78, 5) is 0. The van der Waals surface area contributed by atoms with Gasteiger partial charge in [0, 0.05) is 17.1 Å². The monoisotopic (exact) mass is 313 g/mol. The SMILES string of the molecule is CC(C)CNCc1c(Cl)cccc1OCC(C)(O)C(C)C. The molecule has 1 aromatic rings. The minimum atomic E-state index is -0.856. The highest BCUT2D eigenvalue weighted by molar-refractivity contribution is 6.31. The summed E-state index contributed by atoms with van der Waals surface area (Å²) < 4.78 is 5.83. The Kier molecular flexibility index (Phi) is 6.98. The molecule has 0 fully saturated rings. The van der Waals surface area contributed by atoms with Crippen molar-refractivity contribution in [2.45, 2.75) is 46.8 Å². The van der Waals surface area contributed by atoms with Crippen molar-refractivity contribution in [3.63, 3.8) is 0 Å². The number of ether oxygens (including phenoxy) is 1. The van der Waals surface area contributed by atoms with Crippen LogP contribution in [0.3, 0.4) is 0 Å². The maximum Gasteiger partial charge on any atom is 0.125 e. The van der Waals surface area contributed by atoms with Crippen LogP contribution in [-0.2, 0) is 6.54 Å². The Labute approximate surface area is 133 Å². The standard InChI is InChI=1S/C17H28ClNO2/c1-12(2)9-19-10-14-15(18)7-6-8-16(14)21-11-17(5,20)13(3)4/h6-8,12-13,19-20H,9-11H2,1-5H3. The Hall–Kier alpha value is -0.770. The lowest BCUT2D eigenvalue weighted by Crippen LogP contribution is -2.38. The van der Waals surface area contributed by atoms with Crippen molar-refractivity contribution in [3.05, 3.63) is 28.8 Å². The Morgan fingerprint density at radius 3 is 2.52 bits per heavy atom. The second kappa shape index (κ2) is 8.02. The van der Waals surface area contributed by atoms with E-state index in [1.54, 1.807) is 6.92 Å². The fourth-order valence-corrected chi connectivity index (χ4v) is 1.95. The number of rotatable bonds is 8. The molecule has 0 aliphatic rings. The van der Waals surface area contributed by atoms with Gasteiger partial charge in [0.1, 0.15) is 12.4 Å². The van der Waals surface area contributed by atoms with E-state index in [-0.39, 0.29) is 12.5 Å². The van der Waals surface area contributed by atoms with Crippen LogP contribution in [0.25, 0.3) is 0 Å². The van der Waals surface area contributed by atoms with E-state index in [4.69, 9.17) is 16.3 Å². The van der Waals surface area contributed by atoms with Crippen molar-refractivity contribution in [1.82, 2.24) is 5.32 Å². The molecule has 0 amide bonds. The number of benzene rings is 1. The van der Waals surface area contributed by atoms with Crippen LogP contribution < -0.4 is 10.1 Å². The Bertz CT molecular complexity index is 444. The maximum atomic E-state index is 10.3. The topological polar surface area (TPSA) is 41.5 Å². The van der Waals surface area contributed by atoms with Gasteiger partial charge < -0.3 is 15.2 Å². The number of hydrogen-bond acceptors (Lipinski definition) is 3. The van der Waals surface area contributed by atoms with Crippen LogP contribution >= 0.6 is 11.6 Å². The number of nitrogens with one attached hydrogen (secondary N) is 1. The molecule has 0 aromatic heterocycles. The summed E-state index contributed by atoms with van der Waals surface area (Å²) in [6.07, 6.45) is 0. The fourth-order valence-electron chi connectivity index (χ4n) is 1.72. The summed E-state index contributed by atoms with van der Waals surface area (Å²) in [5.74, 6) is 1.44. The van der Waals surface area contributed by atoms with E-state index < -0.39 is 5.60 Å². The van der Waals surface area contributed by atoms with Gasteiger partial charge in [0.25, 0.3) is 0 Å². The van der Waals surface area contributed by atoms with Crippen molar-refractivity contribution in [1.29, 1.82) is 0 Å². The summed E-state index contributed by atoms with van der Waals surface area (Å²) in [5, 5.41) is 14.4. The highest BCUT2D eigenvalue weighted by Gasteiger charge is 2.26. The van der Waals surface area contributed by atoms with Gasteiger partial charge in [0.15, 0.2) is 0 Å². The van der Waals surface area contributed by atoms with E-state index in [9.17, 15) is 5.11 Å². The van der Waals surface area contributed by atoms with Crippen LogP contribution in [0.2, 0.25) is 5.02 Å². The minimum absolute atomic E-state index is 0.124. The quantitative estimate of drug-likeness (QED) is 0.765. The molecule has 0 saturated heterocycles. The van der Waals surface area contributed by atoms with Gasteiger partial charge in [-0.3, -0.25) is 0 Å². The van der Waals surface area contributed by atoms with Crippen LogP contribution in [0.5, 0.6) is 5.75 Å². The fraction of sp³-hybridized carbons (Fsp3) is 0.647. The van der Waals surface area contributed by atoms with Gasteiger partial charge in [-0.15, -0.1) is 0 Å². The van der Waals surface area contributed by atoms with Crippen LogP contribution in [-0.4, -0.2) is 23.9 Å². The lowest BCUT2D eigenvalue weighted by Gasteiger charge is -2.28. The van der Waals surface area contributed by atoms with Crippen molar-refractivity contribution in [2.75, 3.05) is 13.2 Å². The van der Waals surface area contributed by atoms with Gasteiger partial charge in [0.2, 0.25) is 0 Å². The number of aliphatic hydroxyl groups is 1. The average molecular weight is 314 g/mol. The summed E-state index contributed by atoms with van der Waals surface area (Å²) in [6, 6.07) is 5.63. The molecule has 1 unspecified atom stereocenters. The Morgan fingerprint density at radius 2 is 1.95 bits per heavy atom. The predicted octanol–water partition coefficient (Wildman–Crippen LogP) is 3.87. The van der Waals surface area contributed by atoms with E-state index in [1.807, 2.05) is 32.0 Å². The first-order valence-electron chi connectivity index (χ1n) is 7.57. The van der Waals surface area contributed by atoms with Crippen molar-refractivity contribution in [3.8, 4) is 5.75 Å². The third-order valence-corrected chi connectivity index (χ3v) is 4.05. The van der Waals surface area contributed by atoms with Gasteiger partial charge in [0.05, 0.1) is 5.60 Å². The first-order chi connectivity index (χ1) is 9.74. The van der Waals surface area contributed by atoms with E-state index in [2.05, 4.69) is 19.2 Å². The van der Waals surface area contributed by atoms with Crippen LogP contribution in [0.4, 0.5) is 0 Å². The molecule has 0 aliphatic carbocycles. The normalized spacial score (nSPS) is 14.5. The minimum Gasteiger partial charge on any atom is -0.490 e. The Morgan fingerprint density at radius 1 is 1.29 bits per heavy atom. The summed E-state index contributed by atoms with van der Waals surface area (Å²) >= 11 is 6.27. The second-order valence-electron chi connectivity index (χ2n) is 6.54. The molecule has 0 bridgehead atoms. The van der Waals surface area contributed by atoms with E-state index in [0.717, 1.165) is 17.9 Å². The lowest BCUT2D eigenvalue weighted by atomic mass is 9.94. The smallest absolute Gasteiger partial charge is 0.125 e. The molecule has 4 heteroatoms. The Balaban J connectivity index is 2.75. The summed E-state index contributed by atoms with van der Waals surface area (Å²) in [5.41, 5.74) is 0.0877. The zero-order valence-corrected chi connectivity index (χ0v) is 14.5. The molecule has 120 valence electrons. The lowest BCUT2D eigenvalue weighted by molar-refractivity contribution is -0.0268. The molecule has 1 aromatic carbocycles. The molecule has 1 rings (SSSR count). The average Bonchev–Trinajstić information content (AvgIpc) is 2.38. The zero-order chi connectivity index (χ0) is 16.0. The second-order valence-corrected chi connectivity index (χ2v) is 6.95. The summed E-state index contributed by atoms with van der Waals surface area (Å²) in [7, 11) is 0. The molecule has 0 heterocycles. The molecular formula is C17H28ClNO2. The molecule has 21 heavy (non-hydrogen) atoms. The van der Waals surface area contributed by atoms with Crippen LogP contribution in [0.1, 0.15) is 40.2 Å². The molecular weight excluding hydrogens is 286 g/mol. The summed E-state index contributed by atoms with van der Waals surface area (Å²) in [6.45, 7) is 11.9. The molecule has 0 saturated carbocycles. The molecule has 3 nitrogen and oxygen atoms in total. The van der Waals surface area contributed by atoms with Gasteiger partial charge in [-0.25, -0.2) is 0 Å². The van der Waals surface area contributed by atoms with Gasteiger partial charge in [-0.2, -0.15) is 0 Å². The molecule has 2 N–H and O–H groups in total. The van der Waals surface area contributed by atoms with Crippen molar-refractivity contribution >= 4 is 11.6 Å². The highest BCUT2D eigenvalue weighted by atomic mass is 35.5. The number of halogens is 1. The molecule has 0 radical (unpaired) electrons. The maximum absolute atomic E-state index is 10.3. The molecule has 0 aliphatic heterocycles. The van der Waals surface area contributed by atoms with Crippen LogP contribution in [0.15, 0.2) is 18.2 Å². The van der Waals surface area contributed by atoms with E-state index in [1.165, 1.54) is 0 Å². The number of hydrogen-bond donors (Lipinski definition) is 2. The van der Waals surface area contributed by atoms with E-state index in [0.29, 0.717) is 17.5 Å². The zero-order valence-electron chi connectivity index (χ0n) is 13.7. The van der Waals surface area contributed by atoms with Crippen molar-refractivity contribution in [2.24, 2.45) is 11.8 Å². The van der Waals surface area contributed by atoms with Gasteiger partial charge >= 0.3 is 0 Å². The third-order valence-electron chi connectivity index (χ3n) is 3.69. The first kappa shape index (κ1) is 18.3. The molecule has 0 spiro atoms. The first-order valence-corrected chi connectivity index (χ1v) is 7.95. The molecule has 1 atom stereocenters. The largest absolute Gasteiger partial charge is 0.490 e. The van der Waals surface area contributed by atoms with Crippen LogP contribution in [0, 0.1) is 11.8 Å². The van der Waals surface area contributed by atoms with Gasteiger partial charge in [-0.05, 0) is 37.4 Å². The van der Waals surface area contributed by atoms with Gasteiger partial charge in [-0.1, -0.05) is 45.4 Å².